The molecule has 1 aliphatic rings. The molecule has 1 rings (SSSR count). The van der Waals surface area contributed by atoms with Crippen molar-refractivity contribution in [1.82, 2.24) is 0 Å². The van der Waals surface area contributed by atoms with Crippen LogP contribution in [0.1, 0.15) is 0 Å². The molecule has 1 radical (unpaired) electrons. The predicted octanol–water partition coefficient (Wildman–Crippen LogP) is -0.161. The molecule has 0 aromatic rings. The van der Waals surface area contributed by atoms with Crippen LogP contribution >= 0.6 is 12.3 Å². The van der Waals surface area contributed by atoms with Crippen LogP contribution < -0.4 is 0 Å². The van der Waals surface area contributed by atoms with Gasteiger partial charge < -0.3 is 0 Å². The van der Waals surface area contributed by atoms with E-state index in [-0.39, 0.29) is 17.1 Å². The summed E-state index contributed by atoms with van der Waals surface area (Å²) in [6.07, 6.45) is 0. The minimum atomic E-state index is -3.52. The van der Waals surface area contributed by atoms with Crippen LogP contribution in [0.25, 0.3) is 0 Å². The van der Waals surface area contributed by atoms with Crippen LogP contribution in [0.2, 0.25) is 0 Å². The molecule has 0 aromatic carbocycles. The molecule has 4 nitrogen and oxygen atoms in total. The van der Waals surface area contributed by atoms with Gasteiger partial charge in [0.2, 0.25) is 0 Å². The van der Waals surface area contributed by atoms with Crippen LogP contribution in [-0.4, -0.2) is 8.42 Å². The van der Waals surface area contributed by atoms with Crippen LogP contribution in [0.3, 0.4) is 0 Å². The Morgan fingerprint density at radius 2 is 1.57 bits per heavy atom. The van der Waals surface area contributed by atoms with E-state index in [9.17, 15) is 8.42 Å². The van der Waals surface area contributed by atoms with Crippen molar-refractivity contribution in [2.45, 2.75) is 0 Å². The molecule has 0 atom stereocenters. The Hall–Kier alpha value is 0.739. The molecule has 0 bridgehead atoms. The zero-order valence-corrected chi connectivity index (χ0v) is 5.64. The Morgan fingerprint density at radius 3 is 1.57 bits per heavy atom. The van der Waals surface area contributed by atoms with Crippen LogP contribution in [0, 0.1) is 0 Å². The molecule has 0 N–H and O–H groups in total. The maximum atomic E-state index is 9.62. The molecule has 0 saturated carbocycles. The van der Waals surface area contributed by atoms with Gasteiger partial charge in [-0.05, 0) is 0 Å². The molecule has 7 heteroatoms. The number of rotatable bonds is 0. The van der Waals surface area contributed by atoms with Gasteiger partial charge >= 0.3 is 10.4 Å². The van der Waals surface area contributed by atoms with Gasteiger partial charge in [-0.1, -0.05) is 0 Å². The van der Waals surface area contributed by atoms with Gasteiger partial charge in [-0.3, -0.25) is 0 Å². The topological polar surface area (TPSA) is 52.6 Å². The molecule has 1 heterocycles. The average Bonchev–Trinajstić information content (AvgIpc) is 1.32. The quantitative estimate of drug-likeness (QED) is 0.385. The summed E-state index contributed by atoms with van der Waals surface area (Å²) in [7, 11) is -3.52. The van der Waals surface area contributed by atoms with Crippen LogP contribution in [0.5, 0.6) is 0 Å². The summed E-state index contributed by atoms with van der Waals surface area (Å²) in [5.74, 6) is 0. The summed E-state index contributed by atoms with van der Waals surface area (Å²) in [5, 5.41) is 0. The smallest absolute Gasteiger partial charge is 0.167 e. The largest absolute Gasteiger partial charge is 0.425 e. The second-order valence-corrected chi connectivity index (χ2v) is 2.65. The summed E-state index contributed by atoms with van der Waals surface area (Å²) in [6, 6.07) is 0. The third-order valence-electron chi connectivity index (χ3n) is 0.222. The third-order valence-corrected chi connectivity index (χ3v) is 2.00. The van der Waals surface area contributed by atoms with Crippen molar-refractivity contribution in [2.24, 2.45) is 0 Å². The second-order valence-electron chi connectivity index (χ2n) is 0.612. The zero-order chi connectivity index (χ0) is 4.62. The monoisotopic (exact) mass is 183 g/mol. The molecule has 0 aromatic heterocycles. The van der Waals surface area contributed by atoms with Crippen LogP contribution in [0.15, 0.2) is 0 Å². The fourth-order valence-electron chi connectivity index (χ4n) is 0.0731. The first kappa shape index (κ1) is 7.74. The molecule has 0 spiro atoms. The Bertz CT molecular complexity index is 124. The van der Waals surface area contributed by atoms with E-state index in [1.165, 1.54) is 0 Å². The Morgan fingerprint density at radius 1 is 1.29 bits per heavy atom. The van der Waals surface area contributed by atoms with E-state index in [1.807, 2.05) is 0 Å². The average molecular weight is 183 g/mol. The van der Waals surface area contributed by atoms with Gasteiger partial charge in [0, 0.05) is 17.1 Å². The van der Waals surface area contributed by atoms with Gasteiger partial charge in [0.05, 0.1) is 0 Å². The zero-order valence-electron chi connectivity index (χ0n) is 2.83. The molecule has 1 fully saturated rings. The maximum absolute atomic E-state index is 9.62. The van der Waals surface area contributed by atoms with Gasteiger partial charge in [0.25, 0.3) is 0 Å². The van der Waals surface area contributed by atoms with Crippen molar-refractivity contribution in [1.29, 1.82) is 0 Å². The van der Waals surface area contributed by atoms with Gasteiger partial charge in [0.1, 0.15) is 0 Å². The summed E-state index contributed by atoms with van der Waals surface area (Å²) in [5.41, 5.74) is 0. The Kier molecular flexibility index (Phi) is 2.59. The summed E-state index contributed by atoms with van der Waals surface area (Å²) in [6.45, 7) is 0. The van der Waals surface area contributed by atoms with Crippen molar-refractivity contribution >= 4 is 22.7 Å². The Balaban J connectivity index is 0.000000360. The van der Waals surface area contributed by atoms with Crippen LogP contribution in [0.4, 0.5) is 0 Å². The number of hydrogen-bond donors (Lipinski definition) is 0. The minimum Gasteiger partial charge on any atom is -0.167 e. The summed E-state index contributed by atoms with van der Waals surface area (Å²) < 4.78 is 26.8. The third kappa shape index (κ3) is 1.98. The molecule has 1 aliphatic heterocycles. The summed E-state index contributed by atoms with van der Waals surface area (Å²) >= 11 is 0.456. The summed E-state index contributed by atoms with van der Waals surface area (Å²) in [4.78, 5) is 0. The van der Waals surface area contributed by atoms with E-state index in [2.05, 4.69) is 7.26 Å². The van der Waals surface area contributed by atoms with Crippen LogP contribution in [-0.2, 0) is 34.7 Å². The van der Waals surface area contributed by atoms with Gasteiger partial charge in [-0.2, -0.15) is 8.42 Å². The maximum Gasteiger partial charge on any atom is 0.425 e. The predicted molar refractivity (Wildman–Crippen MR) is 18.7 cm³/mol. The number of hydrogen-bond acceptors (Lipinski definition) is 5. The minimum absolute atomic E-state index is 0. The molecule has 7 heavy (non-hydrogen) atoms. The van der Waals surface area contributed by atoms with Crippen molar-refractivity contribution in [3.05, 3.63) is 0 Å². The van der Waals surface area contributed by atoms with Gasteiger partial charge in [-0.25, -0.2) is 0 Å². The first-order valence-corrected chi connectivity index (χ1v) is 3.00. The van der Waals surface area contributed by atoms with E-state index < -0.39 is 10.4 Å². The molecular weight excluding hydrogens is 183 g/mol. The molecule has 0 amide bonds. The SMILES string of the molecule is O=S1(=O)OSO1.[Mn]. The van der Waals surface area contributed by atoms with Crippen molar-refractivity contribution in [3.8, 4) is 0 Å². The first-order valence-electron chi connectivity index (χ1n) is 1.00. The van der Waals surface area contributed by atoms with Gasteiger partial charge in [0.15, 0.2) is 12.3 Å². The molecule has 0 unspecified atom stereocenters. The van der Waals surface area contributed by atoms with Crippen molar-refractivity contribution in [3.63, 3.8) is 0 Å². The van der Waals surface area contributed by atoms with E-state index >= 15 is 0 Å². The van der Waals surface area contributed by atoms with Crippen molar-refractivity contribution < 1.29 is 32.7 Å². The van der Waals surface area contributed by atoms with Gasteiger partial charge in [-0.15, -0.1) is 7.26 Å². The van der Waals surface area contributed by atoms with E-state index in [0.29, 0.717) is 12.3 Å². The fraction of sp³-hybridized carbons (Fsp3) is 0. The first-order chi connectivity index (χ1) is 2.71. The Labute approximate surface area is 55.8 Å². The van der Waals surface area contributed by atoms with Crippen molar-refractivity contribution in [2.75, 3.05) is 0 Å². The van der Waals surface area contributed by atoms with E-state index in [0.717, 1.165) is 0 Å². The normalized spacial score (nSPS) is 24.6. The van der Waals surface area contributed by atoms with E-state index in [1.54, 1.807) is 0 Å². The standard InChI is InChI=1S/Mn.O4S2/c;1-6(2)3-5-4-6. The second kappa shape index (κ2) is 2.34. The molecular formula is MnO4S2. The van der Waals surface area contributed by atoms with E-state index in [4.69, 9.17) is 0 Å². The molecule has 43 valence electrons. The fourth-order valence-corrected chi connectivity index (χ4v) is 0.658. The molecule has 0 aliphatic carbocycles. The molecule has 1 saturated heterocycles.